The summed E-state index contributed by atoms with van der Waals surface area (Å²) in [6.45, 7) is 3.56. The Hall–Kier alpha value is -2.46. The van der Waals surface area contributed by atoms with Crippen LogP contribution in [0.2, 0.25) is 0 Å². The fourth-order valence-electron chi connectivity index (χ4n) is 2.35. The van der Waals surface area contributed by atoms with Crippen molar-refractivity contribution in [3.05, 3.63) is 40.5 Å². The van der Waals surface area contributed by atoms with Crippen molar-refractivity contribution in [1.29, 1.82) is 0 Å². The lowest BCUT2D eigenvalue weighted by molar-refractivity contribution is 0.0601. The summed E-state index contributed by atoms with van der Waals surface area (Å²) >= 11 is 1.35. The molecule has 2 aromatic heterocycles. The minimum atomic E-state index is -3.93. The largest absolute Gasteiger partial charge is 0.465 e. The van der Waals surface area contributed by atoms with E-state index in [-0.39, 0.29) is 16.3 Å². The minimum absolute atomic E-state index is 0.0121. The molecule has 0 radical (unpaired) electrons. The van der Waals surface area contributed by atoms with Crippen LogP contribution in [0.3, 0.4) is 0 Å². The van der Waals surface area contributed by atoms with Gasteiger partial charge in [0.25, 0.3) is 10.0 Å². The van der Waals surface area contributed by atoms with E-state index in [1.54, 1.807) is 25.1 Å². The van der Waals surface area contributed by atoms with Crippen molar-refractivity contribution in [1.82, 2.24) is 14.6 Å². The van der Waals surface area contributed by atoms with Crippen LogP contribution in [0.4, 0.5) is 5.69 Å². The van der Waals surface area contributed by atoms with Crippen LogP contribution in [-0.4, -0.2) is 36.1 Å². The van der Waals surface area contributed by atoms with Crippen LogP contribution in [-0.2, 0) is 21.2 Å². The molecular weight excluding hydrogens is 364 g/mol. The molecule has 0 aliphatic heterocycles. The number of fused-ring (bicyclic) bond motifs is 1. The number of aryl methyl sites for hydroxylation is 2. The second-order valence-corrected chi connectivity index (χ2v) is 7.86. The molecular formula is C15H16N4O4S2. The van der Waals surface area contributed by atoms with Crippen molar-refractivity contribution in [2.45, 2.75) is 25.3 Å². The van der Waals surface area contributed by atoms with Gasteiger partial charge < -0.3 is 4.74 Å². The number of nitrogens with zero attached hydrogens (tertiary/aromatic N) is 3. The molecule has 2 heterocycles. The lowest BCUT2D eigenvalue weighted by Crippen LogP contribution is -2.17. The summed E-state index contributed by atoms with van der Waals surface area (Å²) in [6, 6.07) is 6.08. The average Bonchev–Trinajstić information content (AvgIpc) is 3.09. The van der Waals surface area contributed by atoms with Crippen molar-refractivity contribution in [2.75, 3.05) is 11.8 Å². The number of carbonyl (C=O) groups excluding carboxylic acids is 1. The van der Waals surface area contributed by atoms with E-state index in [4.69, 9.17) is 0 Å². The van der Waals surface area contributed by atoms with Crippen molar-refractivity contribution in [3.63, 3.8) is 0 Å². The Balaban J connectivity index is 2.01. The van der Waals surface area contributed by atoms with Gasteiger partial charge in [0.15, 0.2) is 0 Å². The number of rotatable bonds is 5. The monoisotopic (exact) mass is 380 g/mol. The van der Waals surface area contributed by atoms with Gasteiger partial charge in [0.05, 0.1) is 18.4 Å². The van der Waals surface area contributed by atoms with E-state index in [2.05, 4.69) is 19.5 Å². The van der Waals surface area contributed by atoms with E-state index >= 15 is 0 Å². The first-order valence-corrected chi connectivity index (χ1v) is 9.72. The number of hydrogen-bond acceptors (Lipinski definition) is 7. The van der Waals surface area contributed by atoms with Crippen LogP contribution in [0, 0.1) is 6.92 Å². The highest BCUT2D eigenvalue weighted by Crippen LogP contribution is 2.24. The molecule has 0 aliphatic rings. The Kier molecular flexibility index (Phi) is 4.48. The number of carbonyl (C=O) groups is 1. The van der Waals surface area contributed by atoms with Crippen LogP contribution in [0.25, 0.3) is 4.96 Å². The normalized spacial score (nSPS) is 11.6. The standard InChI is InChI=1S/C15H16N4O4S2/c1-4-12-17-19-13(9(2)16-15(19)24-12)25(21,22)18-11-7-5-6-10(8-11)14(20)23-3/h5-8,18H,4H2,1-3H3. The Morgan fingerprint density at radius 1 is 1.40 bits per heavy atom. The molecule has 3 rings (SSSR count). The number of ether oxygens (including phenoxy) is 1. The van der Waals surface area contributed by atoms with Crippen LogP contribution >= 0.6 is 11.3 Å². The molecule has 0 amide bonds. The summed E-state index contributed by atoms with van der Waals surface area (Å²) < 4.78 is 34.1. The fourth-order valence-corrected chi connectivity index (χ4v) is 4.61. The maximum Gasteiger partial charge on any atom is 0.337 e. The quantitative estimate of drug-likeness (QED) is 0.681. The number of nitrogens with one attached hydrogen (secondary N) is 1. The second kappa shape index (κ2) is 6.45. The molecule has 132 valence electrons. The van der Waals surface area contributed by atoms with Gasteiger partial charge in [-0.3, -0.25) is 4.72 Å². The zero-order valence-corrected chi connectivity index (χ0v) is 15.4. The molecule has 0 saturated heterocycles. The summed E-state index contributed by atoms with van der Waals surface area (Å²) in [4.78, 5) is 16.4. The Labute approximate surface area is 148 Å². The number of benzene rings is 1. The number of esters is 1. The number of imidazole rings is 1. The molecule has 10 heteroatoms. The highest BCUT2D eigenvalue weighted by atomic mass is 32.2. The van der Waals surface area contributed by atoms with E-state index in [1.807, 2.05) is 6.92 Å². The molecule has 3 aromatic rings. The number of aromatic nitrogens is 3. The lowest BCUT2D eigenvalue weighted by atomic mass is 10.2. The van der Waals surface area contributed by atoms with E-state index in [0.29, 0.717) is 17.1 Å². The van der Waals surface area contributed by atoms with Gasteiger partial charge in [-0.25, -0.2) is 9.78 Å². The summed E-state index contributed by atoms with van der Waals surface area (Å²) in [7, 11) is -2.67. The molecule has 0 fully saturated rings. The van der Waals surface area contributed by atoms with Gasteiger partial charge in [-0.1, -0.05) is 24.3 Å². The number of methoxy groups -OCH3 is 1. The third-order valence-electron chi connectivity index (χ3n) is 3.46. The highest BCUT2D eigenvalue weighted by molar-refractivity contribution is 7.92. The van der Waals surface area contributed by atoms with E-state index in [0.717, 1.165) is 5.01 Å². The third kappa shape index (κ3) is 3.22. The number of anilines is 1. The summed E-state index contributed by atoms with van der Waals surface area (Å²) in [5, 5.41) is 5.08. The second-order valence-electron chi connectivity index (χ2n) is 5.22. The lowest BCUT2D eigenvalue weighted by Gasteiger charge is -2.08. The van der Waals surface area contributed by atoms with Crippen molar-refractivity contribution in [2.24, 2.45) is 0 Å². The maximum absolute atomic E-state index is 12.8. The first-order chi connectivity index (χ1) is 11.9. The summed E-state index contributed by atoms with van der Waals surface area (Å²) in [6.07, 6.45) is 0.696. The zero-order valence-electron chi connectivity index (χ0n) is 13.8. The average molecular weight is 380 g/mol. The molecule has 0 unspecified atom stereocenters. The minimum Gasteiger partial charge on any atom is -0.465 e. The Morgan fingerprint density at radius 2 is 2.16 bits per heavy atom. The van der Waals surface area contributed by atoms with Gasteiger partial charge in [0, 0.05) is 5.69 Å². The SMILES string of the molecule is CCc1nn2c(S(=O)(=O)Nc3cccc(C(=O)OC)c3)c(C)nc2s1. The maximum atomic E-state index is 12.8. The van der Waals surface area contributed by atoms with Crippen molar-refractivity contribution < 1.29 is 17.9 Å². The summed E-state index contributed by atoms with van der Waals surface area (Å²) in [5.41, 5.74) is 0.862. The molecule has 1 aromatic carbocycles. The molecule has 8 nitrogen and oxygen atoms in total. The van der Waals surface area contributed by atoms with Gasteiger partial charge in [-0.05, 0) is 31.5 Å². The molecule has 1 N–H and O–H groups in total. The van der Waals surface area contributed by atoms with E-state index < -0.39 is 16.0 Å². The van der Waals surface area contributed by atoms with Crippen molar-refractivity contribution in [3.8, 4) is 0 Å². The predicted octanol–water partition coefficient (Wildman–Crippen LogP) is 2.25. The van der Waals surface area contributed by atoms with Crippen LogP contribution in [0.1, 0.15) is 28.0 Å². The van der Waals surface area contributed by atoms with Crippen LogP contribution in [0.15, 0.2) is 29.3 Å². The highest BCUT2D eigenvalue weighted by Gasteiger charge is 2.26. The first kappa shape index (κ1) is 17.4. The van der Waals surface area contributed by atoms with Gasteiger partial charge in [0.1, 0.15) is 5.01 Å². The molecule has 0 atom stereocenters. The van der Waals surface area contributed by atoms with Gasteiger partial charge >= 0.3 is 5.97 Å². The smallest absolute Gasteiger partial charge is 0.337 e. The topological polar surface area (TPSA) is 103 Å². The van der Waals surface area contributed by atoms with Gasteiger partial charge in [-0.2, -0.15) is 18.0 Å². The fraction of sp³-hybridized carbons (Fsp3) is 0.267. The summed E-state index contributed by atoms with van der Waals surface area (Å²) in [5.74, 6) is -0.545. The van der Waals surface area contributed by atoms with Crippen molar-refractivity contribution >= 4 is 38.0 Å². The molecule has 0 aliphatic carbocycles. The Morgan fingerprint density at radius 3 is 2.84 bits per heavy atom. The van der Waals surface area contributed by atoms with Crippen LogP contribution < -0.4 is 4.72 Å². The first-order valence-electron chi connectivity index (χ1n) is 7.42. The number of sulfonamides is 1. The zero-order chi connectivity index (χ0) is 18.2. The third-order valence-corrected chi connectivity index (χ3v) is 5.99. The predicted molar refractivity (Wildman–Crippen MR) is 93.6 cm³/mol. The van der Waals surface area contributed by atoms with Crippen LogP contribution in [0.5, 0.6) is 0 Å². The van der Waals surface area contributed by atoms with E-state index in [1.165, 1.54) is 29.0 Å². The number of hydrogen-bond donors (Lipinski definition) is 1. The van der Waals surface area contributed by atoms with Gasteiger partial charge in [0.2, 0.25) is 9.99 Å². The molecule has 0 spiro atoms. The molecule has 25 heavy (non-hydrogen) atoms. The molecule has 0 saturated carbocycles. The van der Waals surface area contributed by atoms with Gasteiger partial charge in [-0.15, -0.1) is 0 Å². The molecule has 0 bridgehead atoms. The van der Waals surface area contributed by atoms with E-state index in [9.17, 15) is 13.2 Å². The Bertz CT molecular complexity index is 1050.